The Morgan fingerprint density at radius 2 is 1.57 bits per heavy atom. The van der Waals surface area contributed by atoms with Crippen LogP contribution >= 0.6 is 0 Å². The number of aliphatic hydroxyl groups is 1. The maximum atomic E-state index is 12.5. The van der Waals surface area contributed by atoms with E-state index in [2.05, 4.69) is 92.9 Å². The van der Waals surface area contributed by atoms with E-state index in [-0.39, 0.29) is 40.3 Å². The first-order valence-electron chi connectivity index (χ1n) is 14.4. The first-order valence-corrected chi connectivity index (χ1v) is 20.3. The van der Waals surface area contributed by atoms with Crippen LogP contribution in [0.15, 0.2) is 23.8 Å². The Morgan fingerprint density at radius 3 is 2.16 bits per heavy atom. The normalized spacial score (nSPS) is 33.6. The molecule has 0 aromatic carbocycles. The molecule has 0 unspecified atom stereocenters. The fraction of sp³-hybridized carbons (Fsp3) is 0.833. The van der Waals surface area contributed by atoms with E-state index in [0.717, 1.165) is 19.3 Å². The first kappa shape index (κ1) is 30.8. The third kappa shape index (κ3) is 7.27. The Balaban J connectivity index is 1.67. The predicted octanol–water partition coefficient (Wildman–Crippen LogP) is 7.38. The van der Waals surface area contributed by atoms with Crippen molar-refractivity contribution in [1.29, 1.82) is 0 Å². The Hall–Kier alpha value is -0.736. The van der Waals surface area contributed by atoms with Gasteiger partial charge in [-0.25, -0.2) is 0 Å². The smallest absolute Gasteiger partial charge is 0.308 e. The van der Waals surface area contributed by atoms with Crippen LogP contribution in [-0.2, 0) is 18.4 Å². The first-order chi connectivity index (χ1) is 16.8. The zero-order valence-electron chi connectivity index (χ0n) is 25.4. The number of cyclic esters (lactones) is 1. The molecule has 7 heteroatoms. The van der Waals surface area contributed by atoms with Gasteiger partial charge in [-0.1, -0.05) is 66.7 Å². The number of hydrogen-bond acceptors (Lipinski definition) is 5. The van der Waals surface area contributed by atoms with Gasteiger partial charge < -0.3 is 18.7 Å². The van der Waals surface area contributed by atoms with Crippen molar-refractivity contribution in [3.05, 3.63) is 23.8 Å². The molecule has 0 aromatic heterocycles. The van der Waals surface area contributed by atoms with Crippen molar-refractivity contribution in [2.24, 2.45) is 17.8 Å². The third-order valence-corrected chi connectivity index (χ3v) is 19.0. The summed E-state index contributed by atoms with van der Waals surface area (Å²) in [4.78, 5) is 12.5. The molecule has 2 aliphatic carbocycles. The molecule has 1 aliphatic heterocycles. The Labute approximate surface area is 228 Å². The molecule has 3 aliphatic rings. The molecule has 37 heavy (non-hydrogen) atoms. The van der Waals surface area contributed by atoms with Crippen molar-refractivity contribution in [1.82, 2.24) is 0 Å². The maximum absolute atomic E-state index is 12.5. The summed E-state index contributed by atoms with van der Waals surface area (Å²) in [6.45, 7) is 24.8. The molecular formula is C30H54O5Si2. The molecule has 5 nitrogen and oxygen atoms in total. The average Bonchev–Trinajstić information content (AvgIpc) is 2.70. The van der Waals surface area contributed by atoms with Crippen LogP contribution in [0.2, 0.25) is 36.3 Å². The van der Waals surface area contributed by atoms with Crippen LogP contribution < -0.4 is 0 Å². The Bertz CT molecular complexity index is 879. The molecule has 3 rings (SSSR count). The topological polar surface area (TPSA) is 65.0 Å². The second kappa shape index (κ2) is 11.0. The van der Waals surface area contributed by atoms with E-state index in [1.54, 1.807) is 0 Å². The second-order valence-corrected chi connectivity index (χ2v) is 24.4. The number of ether oxygens (including phenoxy) is 1. The fourth-order valence-electron chi connectivity index (χ4n) is 5.60. The van der Waals surface area contributed by atoms with Crippen LogP contribution in [0.1, 0.15) is 80.6 Å². The SMILES string of the molecule is C[C@H]1C=CC2=C[C@@H](O[Si](C)(C)C(C)(C)C)C[C@@H](O)[C@@H]2[C@H]1CC[C@@H]1C[C@@H](O[Si](C)(C)C(C)(C)C)CC(=O)O1. The zero-order chi connectivity index (χ0) is 28.0. The van der Waals surface area contributed by atoms with Gasteiger partial charge in [-0.05, 0) is 66.5 Å². The number of hydrogen-bond donors (Lipinski definition) is 1. The van der Waals surface area contributed by atoms with E-state index >= 15 is 0 Å². The quantitative estimate of drug-likeness (QED) is 0.265. The van der Waals surface area contributed by atoms with Crippen molar-refractivity contribution in [2.45, 2.75) is 141 Å². The number of esters is 1. The lowest BCUT2D eigenvalue weighted by Crippen LogP contribution is -2.48. The molecule has 0 radical (unpaired) electrons. The summed E-state index contributed by atoms with van der Waals surface area (Å²) in [7, 11) is -3.88. The molecular weight excluding hydrogens is 496 g/mol. The van der Waals surface area contributed by atoms with Gasteiger partial charge in [-0.15, -0.1) is 0 Å². The van der Waals surface area contributed by atoms with Crippen LogP contribution in [0.4, 0.5) is 0 Å². The van der Waals surface area contributed by atoms with Crippen molar-refractivity contribution >= 4 is 22.6 Å². The molecule has 0 amide bonds. The number of aliphatic hydroxyl groups excluding tert-OH is 1. The lowest BCUT2D eigenvalue weighted by molar-refractivity contribution is -0.160. The Morgan fingerprint density at radius 1 is 0.973 bits per heavy atom. The lowest BCUT2D eigenvalue weighted by Gasteiger charge is -2.45. The van der Waals surface area contributed by atoms with Gasteiger partial charge in [-0.2, -0.15) is 0 Å². The molecule has 0 saturated carbocycles. The highest BCUT2D eigenvalue weighted by atomic mass is 28.4. The third-order valence-electron chi connectivity index (χ3n) is 9.94. The van der Waals surface area contributed by atoms with Crippen LogP contribution in [-0.4, -0.2) is 52.1 Å². The van der Waals surface area contributed by atoms with Gasteiger partial charge in [-0.3, -0.25) is 4.79 Å². The second-order valence-electron chi connectivity index (χ2n) is 14.9. The molecule has 1 fully saturated rings. The zero-order valence-corrected chi connectivity index (χ0v) is 27.4. The van der Waals surface area contributed by atoms with Crippen LogP contribution in [0, 0.1) is 17.8 Å². The van der Waals surface area contributed by atoms with Crippen LogP contribution in [0.3, 0.4) is 0 Å². The summed E-state index contributed by atoms with van der Waals surface area (Å²) in [5.74, 6) is 0.659. The number of carbonyl (C=O) groups excluding carboxylic acids is 1. The molecule has 212 valence electrons. The van der Waals surface area contributed by atoms with Gasteiger partial charge in [0.2, 0.25) is 0 Å². The minimum absolute atomic E-state index is 0.0339. The van der Waals surface area contributed by atoms with E-state index in [0.29, 0.717) is 24.7 Å². The van der Waals surface area contributed by atoms with Gasteiger partial charge in [0.25, 0.3) is 0 Å². The number of carbonyl (C=O) groups is 1. The summed E-state index contributed by atoms with van der Waals surface area (Å²) in [6, 6.07) is 0. The summed E-state index contributed by atoms with van der Waals surface area (Å²) < 4.78 is 19.1. The Kier molecular flexibility index (Phi) is 9.18. The highest BCUT2D eigenvalue weighted by Gasteiger charge is 2.45. The van der Waals surface area contributed by atoms with E-state index in [1.165, 1.54) is 5.57 Å². The molecule has 7 atom stereocenters. The van der Waals surface area contributed by atoms with Crippen LogP contribution in [0.5, 0.6) is 0 Å². The van der Waals surface area contributed by atoms with Crippen molar-refractivity contribution < 1.29 is 23.5 Å². The summed E-state index contributed by atoms with van der Waals surface area (Å²) in [6.07, 6.45) is 9.65. The maximum Gasteiger partial charge on any atom is 0.308 e. The monoisotopic (exact) mass is 550 g/mol. The van der Waals surface area contributed by atoms with Crippen molar-refractivity contribution in [3.8, 4) is 0 Å². The van der Waals surface area contributed by atoms with Gasteiger partial charge in [0.15, 0.2) is 16.6 Å². The lowest BCUT2D eigenvalue weighted by atomic mass is 9.66. The summed E-state index contributed by atoms with van der Waals surface area (Å²) in [5.41, 5.74) is 1.21. The van der Waals surface area contributed by atoms with Gasteiger partial charge in [0, 0.05) is 18.8 Å². The molecule has 0 bridgehead atoms. The molecule has 1 saturated heterocycles. The van der Waals surface area contributed by atoms with Crippen LogP contribution in [0.25, 0.3) is 0 Å². The summed E-state index contributed by atoms with van der Waals surface area (Å²) >= 11 is 0. The van der Waals surface area contributed by atoms with Gasteiger partial charge >= 0.3 is 5.97 Å². The number of allylic oxidation sites excluding steroid dienone is 2. The highest BCUT2D eigenvalue weighted by Crippen LogP contribution is 2.45. The van der Waals surface area contributed by atoms with E-state index in [1.807, 2.05) is 0 Å². The molecule has 1 heterocycles. The van der Waals surface area contributed by atoms with Crippen molar-refractivity contribution in [3.63, 3.8) is 0 Å². The number of rotatable bonds is 7. The molecule has 1 N–H and O–H groups in total. The molecule has 0 aromatic rings. The summed E-state index contributed by atoms with van der Waals surface area (Å²) in [5, 5.41) is 11.6. The molecule has 0 spiro atoms. The minimum atomic E-state index is -1.95. The largest absolute Gasteiger partial charge is 0.462 e. The highest BCUT2D eigenvalue weighted by molar-refractivity contribution is 6.74. The fourth-order valence-corrected chi connectivity index (χ4v) is 8.24. The average molecular weight is 551 g/mol. The van der Waals surface area contributed by atoms with E-state index in [9.17, 15) is 9.90 Å². The standard InChI is InChI=1S/C30H54O5Si2/c1-20-12-13-21-16-23(34-36(8,9)29(2,3)4)18-26(31)28(21)25(20)15-14-22-17-24(19-27(32)33-22)35-37(10,11)30(5,6)7/h12-13,16,20,22-26,28,31H,14-15,17-19H2,1-11H3/t20-,22+,23+,24+,25-,26+,28-/m0/s1. The predicted molar refractivity (Wildman–Crippen MR) is 156 cm³/mol. The minimum Gasteiger partial charge on any atom is -0.462 e. The van der Waals surface area contributed by atoms with Gasteiger partial charge in [0.1, 0.15) is 6.10 Å². The van der Waals surface area contributed by atoms with E-state index < -0.39 is 22.7 Å². The number of fused-ring (bicyclic) bond motifs is 1. The van der Waals surface area contributed by atoms with Crippen molar-refractivity contribution in [2.75, 3.05) is 0 Å². The van der Waals surface area contributed by atoms with Gasteiger partial charge in [0.05, 0.1) is 24.7 Å². The van der Waals surface area contributed by atoms with E-state index in [4.69, 9.17) is 13.6 Å².